The van der Waals surface area contributed by atoms with E-state index in [1.807, 2.05) is 0 Å². The molecule has 1 N–H and O–H groups in total. The second-order valence-electron chi connectivity index (χ2n) is 7.95. The molecule has 26 heavy (non-hydrogen) atoms. The third-order valence-corrected chi connectivity index (χ3v) is 5.19. The predicted molar refractivity (Wildman–Crippen MR) is 120 cm³/mol. The summed E-state index contributed by atoms with van der Waals surface area (Å²) in [5.41, 5.74) is 0. The molecule has 0 fully saturated rings. The highest BCUT2D eigenvalue weighted by molar-refractivity contribution is 5.82. The summed E-state index contributed by atoms with van der Waals surface area (Å²) in [4.78, 5) is 4.91. The summed E-state index contributed by atoms with van der Waals surface area (Å²) in [5, 5.41) is 3.66. The Morgan fingerprint density at radius 1 is 0.538 bits per heavy atom. The third-order valence-electron chi connectivity index (χ3n) is 5.19. The van der Waals surface area contributed by atoms with Crippen molar-refractivity contribution in [1.29, 1.82) is 0 Å². The minimum atomic E-state index is 1.03. The Labute approximate surface area is 166 Å². The SMILES string of the molecule is CCCCCCCCN=C(CCCCCCC)NCCCCCCCC. The van der Waals surface area contributed by atoms with E-state index in [1.54, 1.807) is 0 Å². The van der Waals surface area contributed by atoms with Gasteiger partial charge in [0, 0.05) is 19.5 Å². The predicted octanol–water partition coefficient (Wildman–Crippen LogP) is 8.06. The van der Waals surface area contributed by atoms with E-state index in [4.69, 9.17) is 4.99 Å². The van der Waals surface area contributed by atoms with Crippen LogP contribution in [0.2, 0.25) is 0 Å². The van der Waals surface area contributed by atoms with Crippen molar-refractivity contribution in [3.05, 3.63) is 0 Å². The maximum absolute atomic E-state index is 4.91. The van der Waals surface area contributed by atoms with Crippen molar-refractivity contribution in [3.8, 4) is 0 Å². The first-order chi connectivity index (χ1) is 12.8. The van der Waals surface area contributed by atoms with E-state index in [0.717, 1.165) is 19.5 Å². The quantitative estimate of drug-likeness (QED) is 0.131. The summed E-state index contributed by atoms with van der Waals surface area (Å²) in [6.45, 7) is 9.01. The molecule has 0 saturated carbocycles. The van der Waals surface area contributed by atoms with E-state index >= 15 is 0 Å². The van der Waals surface area contributed by atoms with Crippen LogP contribution in [0.5, 0.6) is 0 Å². The Balaban J connectivity index is 3.89. The average Bonchev–Trinajstić information content (AvgIpc) is 2.65. The minimum Gasteiger partial charge on any atom is -0.374 e. The van der Waals surface area contributed by atoms with E-state index in [0.29, 0.717) is 0 Å². The number of nitrogens with one attached hydrogen (secondary N) is 1. The highest BCUT2D eigenvalue weighted by Gasteiger charge is 2.00. The molecule has 0 aromatic rings. The number of rotatable bonds is 20. The summed E-state index contributed by atoms with van der Waals surface area (Å²) < 4.78 is 0. The lowest BCUT2D eigenvalue weighted by molar-refractivity contribution is 0.595. The molecule has 0 bridgehead atoms. The summed E-state index contributed by atoms with van der Waals surface area (Å²) in [7, 11) is 0. The Kier molecular flexibility index (Phi) is 22.1. The first-order valence-corrected chi connectivity index (χ1v) is 12.1. The molecule has 0 atom stereocenters. The summed E-state index contributed by atoms with van der Waals surface area (Å²) in [6.07, 6.45) is 24.3. The van der Waals surface area contributed by atoms with Gasteiger partial charge in [-0.05, 0) is 19.3 Å². The van der Waals surface area contributed by atoms with Crippen LogP contribution in [0.1, 0.15) is 136 Å². The fourth-order valence-electron chi connectivity index (χ4n) is 3.36. The van der Waals surface area contributed by atoms with E-state index in [-0.39, 0.29) is 0 Å². The normalized spacial score (nSPS) is 11.9. The lowest BCUT2D eigenvalue weighted by Gasteiger charge is -2.11. The van der Waals surface area contributed by atoms with Crippen LogP contribution in [0.4, 0.5) is 0 Å². The van der Waals surface area contributed by atoms with Crippen molar-refractivity contribution < 1.29 is 0 Å². The molecule has 0 aliphatic rings. The van der Waals surface area contributed by atoms with Gasteiger partial charge in [0.15, 0.2) is 0 Å². The van der Waals surface area contributed by atoms with Gasteiger partial charge in [0.25, 0.3) is 0 Å². The second-order valence-corrected chi connectivity index (χ2v) is 7.95. The number of amidine groups is 1. The lowest BCUT2D eigenvalue weighted by atomic mass is 10.1. The maximum atomic E-state index is 4.91. The molecular formula is C24H50N2. The third kappa shape index (κ3) is 19.8. The fraction of sp³-hybridized carbons (Fsp3) is 0.958. The zero-order valence-corrected chi connectivity index (χ0v) is 18.6. The zero-order chi connectivity index (χ0) is 19.1. The van der Waals surface area contributed by atoms with E-state index in [2.05, 4.69) is 26.1 Å². The van der Waals surface area contributed by atoms with Gasteiger partial charge in [-0.1, -0.05) is 111 Å². The topological polar surface area (TPSA) is 24.4 Å². The molecule has 0 amide bonds. The average molecular weight is 367 g/mol. The number of hydrogen-bond acceptors (Lipinski definition) is 1. The highest BCUT2D eigenvalue weighted by atomic mass is 15.0. The van der Waals surface area contributed by atoms with Crippen molar-refractivity contribution in [2.45, 2.75) is 136 Å². The van der Waals surface area contributed by atoms with Gasteiger partial charge in [-0.3, -0.25) is 4.99 Å². The van der Waals surface area contributed by atoms with Gasteiger partial charge in [0.05, 0.1) is 5.84 Å². The van der Waals surface area contributed by atoms with Crippen LogP contribution in [0, 0.1) is 0 Å². The molecule has 0 heterocycles. The molecule has 0 unspecified atom stereocenters. The Morgan fingerprint density at radius 3 is 1.58 bits per heavy atom. The van der Waals surface area contributed by atoms with E-state index in [1.165, 1.54) is 115 Å². The monoisotopic (exact) mass is 366 g/mol. The van der Waals surface area contributed by atoms with E-state index < -0.39 is 0 Å². The number of hydrogen-bond donors (Lipinski definition) is 1. The molecule has 2 heteroatoms. The van der Waals surface area contributed by atoms with Crippen LogP contribution in [0.25, 0.3) is 0 Å². The van der Waals surface area contributed by atoms with Crippen molar-refractivity contribution in [1.82, 2.24) is 5.32 Å². The van der Waals surface area contributed by atoms with Crippen molar-refractivity contribution >= 4 is 5.84 Å². The first-order valence-electron chi connectivity index (χ1n) is 12.1. The summed E-state index contributed by atoms with van der Waals surface area (Å²) in [6, 6.07) is 0. The van der Waals surface area contributed by atoms with E-state index in [9.17, 15) is 0 Å². The molecule has 0 radical (unpaired) electrons. The van der Waals surface area contributed by atoms with Gasteiger partial charge in [-0.2, -0.15) is 0 Å². The van der Waals surface area contributed by atoms with Crippen molar-refractivity contribution in [3.63, 3.8) is 0 Å². The standard InChI is InChI=1S/C24H50N2/c1-4-7-10-13-16-19-22-25-24(21-18-15-12-9-6-3)26-23-20-17-14-11-8-5-2/h4-23H2,1-3H3,(H,25,26). The lowest BCUT2D eigenvalue weighted by Crippen LogP contribution is -2.25. The molecule has 0 aliphatic carbocycles. The van der Waals surface area contributed by atoms with Gasteiger partial charge >= 0.3 is 0 Å². The van der Waals surface area contributed by atoms with Crippen LogP contribution >= 0.6 is 0 Å². The molecule has 0 aliphatic heterocycles. The molecule has 0 aromatic carbocycles. The first kappa shape index (κ1) is 25.5. The Bertz CT molecular complexity index is 286. The molecule has 2 nitrogen and oxygen atoms in total. The van der Waals surface area contributed by atoms with Crippen LogP contribution in [-0.2, 0) is 0 Å². The Hall–Kier alpha value is -0.530. The number of aliphatic imine (C=N–C) groups is 1. The highest BCUT2D eigenvalue weighted by Crippen LogP contribution is 2.08. The van der Waals surface area contributed by atoms with Gasteiger partial charge < -0.3 is 5.32 Å². The number of nitrogens with zero attached hydrogens (tertiary/aromatic N) is 1. The van der Waals surface area contributed by atoms with Crippen molar-refractivity contribution in [2.24, 2.45) is 4.99 Å². The maximum Gasteiger partial charge on any atom is 0.0963 e. The van der Waals surface area contributed by atoms with Gasteiger partial charge in [0.2, 0.25) is 0 Å². The molecule has 0 spiro atoms. The molecule has 156 valence electrons. The van der Waals surface area contributed by atoms with Gasteiger partial charge in [0.1, 0.15) is 0 Å². The van der Waals surface area contributed by atoms with Crippen LogP contribution in [0.3, 0.4) is 0 Å². The summed E-state index contributed by atoms with van der Waals surface area (Å²) >= 11 is 0. The molecular weight excluding hydrogens is 316 g/mol. The number of unbranched alkanes of at least 4 members (excludes halogenated alkanes) is 14. The smallest absolute Gasteiger partial charge is 0.0963 e. The van der Waals surface area contributed by atoms with Crippen LogP contribution in [-0.4, -0.2) is 18.9 Å². The molecule has 0 rings (SSSR count). The fourth-order valence-corrected chi connectivity index (χ4v) is 3.36. The van der Waals surface area contributed by atoms with Crippen LogP contribution < -0.4 is 5.32 Å². The van der Waals surface area contributed by atoms with Crippen LogP contribution in [0.15, 0.2) is 4.99 Å². The van der Waals surface area contributed by atoms with Gasteiger partial charge in [-0.25, -0.2) is 0 Å². The van der Waals surface area contributed by atoms with Gasteiger partial charge in [-0.15, -0.1) is 0 Å². The zero-order valence-electron chi connectivity index (χ0n) is 18.6. The minimum absolute atomic E-state index is 1.03. The van der Waals surface area contributed by atoms with Crippen molar-refractivity contribution in [2.75, 3.05) is 13.1 Å². The molecule has 0 saturated heterocycles. The Morgan fingerprint density at radius 2 is 1.00 bits per heavy atom. The molecule has 0 aromatic heterocycles. The second kappa shape index (κ2) is 22.5. The summed E-state index contributed by atoms with van der Waals surface area (Å²) in [5.74, 6) is 1.30. The largest absolute Gasteiger partial charge is 0.374 e.